The van der Waals surface area contributed by atoms with Crippen LogP contribution < -0.4 is 4.74 Å². The molecule has 8 heteroatoms. The smallest absolute Gasteiger partial charge is 0.244 e. The van der Waals surface area contributed by atoms with Gasteiger partial charge in [0.25, 0.3) is 0 Å². The molecule has 0 saturated carbocycles. The van der Waals surface area contributed by atoms with Crippen molar-refractivity contribution in [3.8, 4) is 17.3 Å². The van der Waals surface area contributed by atoms with Gasteiger partial charge in [0.05, 0.1) is 18.2 Å². The molecule has 0 bridgehead atoms. The van der Waals surface area contributed by atoms with E-state index in [2.05, 4.69) is 32.2 Å². The highest BCUT2D eigenvalue weighted by Gasteiger charge is 2.31. The molecule has 0 radical (unpaired) electrons. The minimum absolute atomic E-state index is 0.0986. The van der Waals surface area contributed by atoms with Crippen molar-refractivity contribution in [1.82, 2.24) is 20.0 Å². The van der Waals surface area contributed by atoms with Gasteiger partial charge in [0.1, 0.15) is 6.61 Å². The lowest BCUT2D eigenvalue weighted by atomic mass is 10.2. The van der Waals surface area contributed by atoms with Crippen LogP contribution in [-0.4, -0.2) is 46.9 Å². The Labute approximate surface area is 174 Å². The topological polar surface area (TPSA) is 73.5 Å². The zero-order chi connectivity index (χ0) is 20.1. The molecule has 1 aromatic carbocycles. The predicted molar refractivity (Wildman–Crippen MR) is 109 cm³/mol. The molecule has 4 rings (SSSR count). The first-order valence-corrected chi connectivity index (χ1v) is 10.0. The van der Waals surface area contributed by atoms with Crippen molar-refractivity contribution in [2.24, 2.45) is 0 Å². The first-order chi connectivity index (χ1) is 14.2. The maximum Gasteiger partial charge on any atom is 0.244 e. The van der Waals surface area contributed by atoms with E-state index < -0.39 is 0 Å². The highest BCUT2D eigenvalue weighted by Crippen LogP contribution is 2.34. The van der Waals surface area contributed by atoms with Crippen molar-refractivity contribution in [2.75, 3.05) is 26.9 Å². The average Bonchev–Trinajstić information content (AvgIpc) is 3.40. The Hall–Kier alpha value is -2.48. The Morgan fingerprint density at radius 3 is 2.90 bits per heavy atom. The standard InChI is InChI=1S/C21H23ClN4O3/c1-27-12-13-28-20-17(4-2-10-23-20)19-24-21(29-25-19)18-5-3-11-26(18)14-15-6-8-16(22)9-7-15/h2,4,6-10,18H,3,5,11-14H2,1H3. The normalized spacial score (nSPS) is 17.0. The minimum atomic E-state index is 0.0986. The number of hydrogen-bond donors (Lipinski definition) is 0. The first-order valence-electron chi connectivity index (χ1n) is 9.64. The lowest BCUT2D eigenvalue weighted by molar-refractivity contribution is 0.144. The van der Waals surface area contributed by atoms with E-state index in [4.69, 9.17) is 25.6 Å². The molecule has 0 amide bonds. The fraction of sp³-hybridized carbons (Fsp3) is 0.381. The molecule has 1 unspecified atom stereocenters. The van der Waals surface area contributed by atoms with E-state index in [0.29, 0.717) is 36.4 Å². The molecular weight excluding hydrogens is 392 g/mol. The first kappa shape index (κ1) is 19.8. The van der Waals surface area contributed by atoms with E-state index in [-0.39, 0.29) is 6.04 Å². The molecule has 0 aliphatic carbocycles. The van der Waals surface area contributed by atoms with Gasteiger partial charge in [0.15, 0.2) is 0 Å². The van der Waals surface area contributed by atoms with Crippen LogP contribution in [0.5, 0.6) is 5.88 Å². The lowest BCUT2D eigenvalue weighted by Crippen LogP contribution is -2.23. The Kier molecular flexibility index (Phi) is 6.39. The van der Waals surface area contributed by atoms with Gasteiger partial charge in [-0.3, -0.25) is 4.90 Å². The summed E-state index contributed by atoms with van der Waals surface area (Å²) >= 11 is 6.00. The zero-order valence-electron chi connectivity index (χ0n) is 16.3. The molecule has 7 nitrogen and oxygen atoms in total. The fourth-order valence-electron chi connectivity index (χ4n) is 3.50. The van der Waals surface area contributed by atoms with Crippen LogP contribution in [-0.2, 0) is 11.3 Å². The summed E-state index contributed by atoms with van der Waals surface area (Å²) in [5.41, 5.74) is 1.92. The van der Waals surface area contributed by atoms with Crippen molar-refractivity contribution < 1.29 is 14.0 Å². The van der Waals surface area contributed by atoms with Crippen LogP contribution in [0, 0.1) is 0 Å². The molecule has 3 aromatic rings. The van der Waals surface area contributed by atoms with E-state index in [9.17, 15) is 0 Å². The van der Waals surface area contributed by atoms with E-state index >= 15 is 0 Å². The van der Waals surface area contributed by atoms with Crippen molar-refractivity contribution in [2.45, 2.75) is 25.4 Å². The summed E-state index contributed by atoms with van der Waals surface area (Å²) in [6.45, 7) is 2.69. The van der Waals surface area contributed by atoms with E-state index in [0.717, 1.165) is 31.0 Å². The van der Waals surface area contributed by atoms with Gasteiger partial charge in [-0.05, 0) is 49.2 Å². The predicted octanol–water partition coefficient (Wildman–Crippen LogP) is 4.15. The number of nitrogens with zero attached hydrogens (tertiary/aromatic N) is 4. The Bertz CT molecular complexity index is 932. The van der Waals surface area contributed by atoms with Gasteiger partial charge >= 0.3 is 0 Å². The molecule has 0 N–H and O–H groups in total. The van der Waals surface area contributed by atoms with Gasteiger partial charge in [-0.1, -0.05) is 28.9 Å². The van der Waals surface area contributed by atoms with Gasteiger partial charge in [-0.15, -0.1) is 0 Å². The Balaban J connectivity index is 1.50. The second-order valence-corrected chi connectivity index (χ2v) is 7.35. The second kappa shape index (κ2) is 9.35. The quantitative estimate of drug-likeness (QED) is 0.512. The molecule has 1 aliphatic heterocycles. The minimum Gasteiger partial charge on any atom is -0.475 e. The average molecular weight is 415 g/mol. The molecule has 1 atom stereocenters. The molecular formula is C21H23ClN4O3. The summed E-state index contributed by atoms with van der Waals surface area (Å²) < 4.78 is 16.4. The number of methoxy groups -OCH3 is 1. The molecule has 152 valence electrons. The Morgan fingerprint density at radius 1 is 1.21 bits per heavy atom. The zero-order valence-corrected chi connectivity index (χ0v) is 17.0. The summed E-state index contributed by atoms with van der Waals surface area (Å²) in [6, 6.07) is 11.7. The summed E-state index contributed by atoms with van der Waals surface area (Å²) in [4.78, 5) is 11.3. The number of aromatic nitrogens is 3. The van der Waals surface area contributed by atoms with Crippen LogP contribution in [0.2, 0.25) is 5.02 Å². The van der Waals surface area contributed by atoms with Crippen molar-refractivity contribution in [3.05, 3.63) is 59.1 Å². The van der Waals surface area contributed by atoms with Gasteiger partial charge in [-0.25, -0.2) is 4.98 Å². The number of benzene rings is 1. The number of rotatable bonds is 8. The SMILES string of the molecule is COCCOc1ncccc1-c1noc(C2CCCN2Cc2ccc(Cl)cc2)n1. The summed E-state index contributed by atoms with van der Waals surface area (Å²) in [6.07, 6.45) is 3.76. The fourth-order valence-corrected chi connectivity index (χ4v) is 3.62. The van der Waals surface area contributed by atoms with Gasteiger partial charge in [-0.2, -0.15) is 4.98 Å². The molecule has 0 spiro atoms. The van der Waals surface area contributed by atoms with Crippen LogP contribution >= 0.6 is 11.6 Å². The molecule has 29 heavy (non-hydrogen) atoms. The highest BCUT2D eigenvalue weighted by molar-refractivity contribution is 6.30. The van der Waals surface area contributed by atoms with Crippen LogP contribution in [0.1, 0.15) is 30.3 Å². The van der Waals surface area contributed by atoms with E-state index in [1.54, 1.807) is 13.3 Å². The van der Waals surface area contributed by atoms with Crippen LogP contribution in [0.25, 0.3) is 11.4 Å². The number of pyridine rings is 1. The third-order valence-electron chi connectivity index (χ3n) is 4.93. The van der Waals surface area contributed by atoms with Gasteiger partial charge in [0, 0.05) is 24.9 Å². The molecule has 1 fully saturated rings. The Morgan fingerprint density at radius 2 is 2.07 bits per heavy atom. The van der Waals surface area contributed by atoms with E-state index in [1.165, 1.54) is 5.56 Å². The lowest BCUT2D eigenvalue weighted by Gasteiger charge is -2.21. The molecule has 1 aliphatic rings. The van der Waals surface area contributed by atoms with Crippen molar-refractivity contribution in [3.63, 3.8) is 0 Å². The second-order valence-electron chi connectivity index (χ2n) is 6.91. The molecule has 3 heterocycles. The van der Waals surface area contributed by atoms with Crippen LogP contribution in [0.4, 0.5) is 0 Å². The molecule has 2 aromatic heterocycles. The summed E-state index contributed by atoms with van der Waals surface area (Å²) in [5.74, 6) is 1.58. The van der Waals surface area contributed by atoms with E-state index in [1.807, 2.05) is 24.3 Å². The number of halogens is 1. The van der Waals surface area contributed by atoms with Crippen LogP contribution in [0.3, 0.4) is 0 Å². The third-order valence-corrected chi connectivity index (χ3v) is 5.18. The number of likely N-dealkylation sites (tertiary alicyclic amines) is 1. The maximum atomic E-state index is 6.00. The maximum absolute atomic E-state index is 6.00. The summed E-state index contributed by atoms with van der Waals surface area (Å²) in [7, 11) is 1.63. The number of ether oxygens (including phenoxy) is 2. The largest absolute Gasteiger partial charge is 0.475 e. The van der Waals surface area contributed by atoms with Crippen molar-refractivity contribution in [1.29, 1.82) is 0 Å². The van der Waals surface area contributed by atoms with Crippen LogP contribution in [0.15, 0.2) is 47.1 Å². The van der Waals surface area contributed by atoms with Gasteiger partial charge < -0.3 is 14.0 Å². The highest BCUT2D eigenvalue weighted by atomic mass is 35.5. The van der Waals surface area contributed by atoms with Gasteiger partial charge in [0.2, 0.25) is 17.6 Å². The number of hydrogen-bond acceptors (Lipinski definition) is 7. The molecule has 1 saturated heterocycles. The summed E-state index contributed by atoms with van der Waals surface area (Å²) in [5, 5.41) is 4.94. The third kappa shape index (κ3) is 4.75. The monoisotopic (exact) mass is 414 g/mol. The van der Waals surface area contributed by atoms with Crippen molar-refractivity contribution >= 4 is 11.6 Å².